The van der Waals surface area contributed by atoms with Gasteiger partial charge in [-0.1, -0.05) is 42.1 Å². The molecule has 0 saturated carbocycles. The van der Waals surface area contributed by atoms with Crippen molar-refractivity contribution < 1.29 is 4.79 Å². The number of anilines is 1. The van der Waals surface area contributed by atoms with Gasteiger partial charge in [-0.15, -0.1) is 0 Å². The van der Waals surface area contributed by atoms with E-state index in [0.29, 0.717) is 28.7 Å². The highest BCUT2D eigenvalue weighted by molar-refractivity contribution is 8.13. The number of hydrazine groups is 1. The van der Waals surface area contributed by atoms with E-state index in [1.807, 2.05) is 54.6 Å². The number of thioether (sulfide) groups is 1. The van der Waals surface area contributed by atoms with Crippen LogP contribution in [0.1, 0.15) is 5.69 Å². The first kappa shape index (κ1) is 18.0. The number of fused-ring (bicyclic) bond motifs is 2. The number of amidine groups is 1. The van der Waals surface area contributed by atoms with Crippen molar-refractivity contribution in [2.75, 3.05) is 11.4 Å². The monoisotopic (exact) mass is 406 g/mol. The summed E-state index contributed by atoms with van der Waals surface area (Å²) in [4.78, 5) is 39.3. The smallest absolute Gasteiger partial charge is 0.271 e. The van der Waals surface area contributed by atoms with Crippen molar-refractivity contribution in [3.8, 4) is 0 Å². The minimum atomic E-state index is -0.312. The van der Waals surface area contributed by atoms with E-state index >= 15 is 0 Å². The van der Waals surface area contributed by atoms with E-state index in [-0.39, 0.29) is 23.6 Å². The molecule has 0 radical (unpaired) electrons. The van der Waals surface area contributed by atoms with E-state index in [4.69, 9.17) is 4.99 Å². The van der Waals surface area contributed by atoms with Crippen LogP contribution < -0.4 is 21.3 Å². The average Bonchev–Trinajstić information content (AvgIpc) is 3.22. The number of carbonyl (C=O) groups is 1. The molecule has 2 aliphatic heterocycles. The van der Waals surface area contributed by atoms with Crippen LogP contribution in [0.3, 0.4) is 0 Å². The Labute approximate surface area is 170 Å². The number of hydrogen-bond acceptors (Lipinski definition) is 7. The number of aromatic nitrogens is 2. The van der Waals surface area contributed by atoms with E-state index in [1.165, 1.54) is 11.8 Å². The molecular formula is C20H18N6O2S. The van der Waals surface area contributed by atoms with E-state index in [9.17, 15) is 9.59 Å². The van der Waals surface area contributed by atoms with Crippen molar-refractivity contribution in [2.45, 2.75) is 11.9 Å². The quantitative estimate of drug-likeness (QED) is 0.611. The number of aliphatic imine (C=N–C) groups is 1. The predicted molar refractivity (Wildman–Crippen MR) is 113 cm³/mol. The number of nitrogens with zero attached hydrogens (tertiary/aromatic N) is 3. The topological polar surface area (TPSA) is 102 Å². The largest absolute Gasteiger partial charge is 0.319 e. The fourth-order valence-electron chi connectivity index (χ4n) is 3.48. The molecule has 1 amide bonds. The van der Waals surface area contributed by atoms with Crippen LogP contribution >= 0.6 is 11.8 Å². The summed E-state index contributed by atoms with van der Waals surface area (Å²) in [7, 11) is 0. The fourth-order valence-corrected chi connectivity index (χ4v) is 4.46. The molecule has 2 atom stereocenters. The van der Waals surface area contributed by atoms with E-state index in [2.05, 4.69) is 20.8 Å². The average molecular weight is 406 g/mol. The zero-order valence-corrected chi connectivity index (χ0v) is 16.1. The third-order valence-electron chi connectivity index (χ3n) is 4.95. The molecule has 9 heteroatoms. The number of amides is 1. The first-order chi connectivity index (χ1) is 14.2. The Morgan fingerprint density at radius 3 is 2.72 bits per heavy atom. The SMILES string of the molecule is O=C1C2CNNC2N=C(SCc2nc3ccccc3[nH]c2=O)N1c1ccccc1. The number of hydrogen-bond donors (Lipinski definition) is 3. The van der Waals surface area contributed by atoms with Gasteiger partial charge in [0, 0.05) is 12.3 Å². The van der Waals surface area contributed by atoms with Crippen LogP contribution in [0.25, 0.3) is 11.0 Å². The summed E-state index contributed by atoms with van der Waals surface area (Å²) in [5, 5.41) is 0.549. The van der Waals surface area contributed by atoms with E-state index < -0.39 is 0 Å². The Bertz CT molecular complexity index is 1160. The minimum Gasteiger partial charge on any atom is -0.319 e. The van der Waals surface area contributed by atoms with Gasteiger partial charge >= 0.3 is 0 Å². The molecule has 8 nitrogen and oxygen atoms in total. The normalized spacial score (nSPS) is 21.3. The Morgan fingerprint density at radius 1 is 1.07 bits per heavy atom. The van der Waals surface area contributed by atoms with Crippen LogP contribution in [-0.2, 0) is 10.5 Å². The highest BCUT2D eigenvalue weighted by Crippen LogP contribution is 2.30. The molecule has 1 saturated heterocycles. The van der Waals surface area contributed by atoms with Crippen LogP contribution in [0.2, 0.25) is 0 Å². The maximum absolute atomic E-state index is 13.1. The molecular weight excluding hydrogens is 388 g/mol. The van der Waals surface area contributed by atoms with Crippen LogP contribution in [0.4, 0.5) is 5.69 Å². The fraction of sp³-hybridized carbons (Fsp3) is 0.200. The van der Waals surface area contributed by atoms with Crippen molar-refractivity contribution in [1.29, 1.82) is 0 Å². The first-order valence-corrected chi connectivity index (χ1v) is 10.3. The maximum Gasteiger partial charge on any atom is 0.271 e. The van der Waals surface area contributed by atoms with Gasteiger partial charge in [0.1, 0.15) is 11.9 Å². The lowest BCUT2D eigenvalue weighted by Gasteiger charge is -2.32. The second-order valence-electron chi connectivity index (χ2n) is 6.82. The summed E-state index contributed by atoms with van der Waals surface area (Å²) in [5.41, 5.74) is 8.41. The molecule has 3 N–H and O–H groups in total. The molecule has 2 unspecified atom stereocenters. The summed E-state index contributed by atoms with van der Waals surface area (Å²) in [5.74, 6) is 0.0267. The lowest BCUT2D eigenvalue weighted by Crippen LogP contribution is -2.49. The van der Waals surface area contributed by atoms with Crippen LogP contribution in [-0.4, -0.2) is 33.8 Å². The number of para-hydroxylation sites is 3. The van der Waals surface area contributed by atoms with Crippen LogP contribution in [0.15, 0.2) is 64.4 Å². The third-order valence-corrected chi connectivity index (χ3v) is 5.92. The minimum absolute atomic E-state index is 0.0171. The van der Waals surface area contributed by atoms with Crippen LogP contribution in [0, 0.1) is 5.92 Å². The van der Waals surface area contributed by atoms with Gasteiger partial charge in [-0.25, -0.2) is 15.4 Å². The molecule has 1 aromatic heterocycles. The number of aromatic amines is 1. The summed E-state index contributed by atoms with van der Waals surface area (Å²) < 4.78 is 0. The lowest BCUT2D eigenvalue weighted by atomic mass is 10.1. The Kier molecular flexibility index (Phi) is 4.62. The molecule has 3 aromatic rings. The first-order valence-electron chi connectivity index (χ1n) is 9.26. The second kappa shape index (κ2) is 7.43. The number of rotatable bonds is 3. The van der Waals surface area contributed by atoms with Gasteiger partial charge in [0.05, 0.1) is 22.6 Å². The molecule has 29 heavy (non-hydrogen) atoms. The van der Waals surface area contributed by atoms with Gasteiger partial charge in [-0.3, -0.25) is 19.9 Å². The molecule has 2 aromatic carbocycles. The molecule has 2 aliphatic rings. The van der Waals surface area contributed by atoms with E-state index in [1.54, 1.807) is 4.90 Å². The van der Waals surface area contributed by atoms with Gasteiger partial charge in [-0.2, -0.15) is 0 Å². The number of benzene rings is 2. The number of H-pyrrole nitrogens is 1. The third kappa shape index (κ3) is 3.33. The van der Waals surface area contributed by atoms with Crippen molar-refractivity contribution in [2.24, 2.45) is 10.9 Å². The molecule has 5 rings (SSSR count). The molecule has 146 valence electrons. The van der Waals surface area contributed by atoms with Crippen molar-refractivity contribution >= 4 is 39.6 Å². The zero-order chi connectivity index (χ0) is 19.8. The molecule has 0 aliphatic carbocycles. The Balaban J connectivity index is 1.47. The van der Waals surface area contributed by atoms with Crippen molar-refractivity contribution in [3.05, 3.63) is 70.6 Å². The van der Waals surface area contributed by atoms with Gasteiger partial charge in [-0.05, 0) is 24.3 Å². The van der Waals surface area contributed by atoms with Gasteiger partial charge in [0.25, 0.3) is 5.56 Å². The maximum atomic E-state index is 13.1. The van der Waals surface area contributed by atoms with Crippen molar-refractivity contribution in [3.63, 3.8) is 0 Å². The number of nitrogens with one attached hydrogen (secondary N) is 3. The standard InChI is InChI=1S/C20H18N6O2S/c27-18-16(22-14-8-4-5-9-15(14)23-18)11-29-20-24-17-13(10-21-25-17)19(28)26(20)12-6-2-1-3-7-12/h1-9,13,17,21,25H,10-11H2,(H,23,27). The van der Waals surface area contributed by atoms with Gasteiger partial charge in [0.15, 0.2) is 5.17 Å². The Hall–Kier alpha value is -3.01. The van der Waals surface area contributed by atoms with Gasteiger partial charge in [0.2, 0.25) is 5.91 Å². The second-order valence-corrected chi connectivity index (χ2v) is 7.76. The summed E-state index contributed by atoms with van der Waals surface area (Å²) in [6, 6.07) is 16.8. The summed E-state index contributed by atoms with van der Waals surface area (Å²) in [6.45, 7) is 0.528. The summed E-state index contributed by atoms with van der Waals surface area (Å²) >= 11 is 1.33. The highest BCUT2D eigenvalue weighted by Gasteiger charge is 2.42. The molecule has 1 fully saturated rings. The molecule has 3 heterocycles. The predicted octanol–water partition coefficient (Wildman–Crippen LogP) is 1.61. The van der Waals surface area contributed by atoms with E-state index in [0.717, 1.165) is 11.2 Å². The molecule has 0 bridgehead atoms. The molecule has 0 spiro atoms. The van der Waals surface area contributed by atoms with Crippen molar-refractivity contribution in [1.82, 2.24) is 20.8 Å². The lowest BCUT2D eigenvalue weighted by molar-refractivity contribution is -0.121. The van der Waals surface area contributed by atoms with Crippen LogP contribution in [0.5, 0.6) is 0 Å². The van der Waals surface area contributed by atoms with Gasteiger partial charge < -0.3 is 4.98 Å². The highest BCUT2D eigenvalue weighted by atomic mass is 32.2. The zero-order valence-electron chi connectivity index (χ0n) is 15.3. The Morgan fingerprint density at radius 2 is 1.86 bits per heavy atom. The number of carbonyl (C=O) groups excluding carboxylic acids is 1. The summed E-state index contributed by atoms with van der Waals surface area (Å²) in [6.07, 6.45) is -0.312.